The molecule has 2 aromatic rings. The lowest BCUT2D eigenvalue weighted by molar-refractivity contribution is -0.173. The first-order valence-electron chi connectivity index (χ1n) is 9.48. The number of hydrogen-bond acceptors (Lipinski definition) is 7. The summed E-state index contributed by atoms with van der Waals surface area (Å²) >= 11 is 1.21. The molecule has 6 nitrogen and oxygen atoms in total. The zero-order valence-corrected chi connectivity index (χ0v) is 18.7. The lowest BCUT2D eigenvalue weighted by Crippen LogP contribution is -2.63. The van der Waals surface area contributed by atoms with Crippen LogP contribution in [0.4, 0.5) is 8.78 Å². The fourth-order valence-corrected chi connectivity index (χ4v) is 6.00. The molecule has 10 heteroatoms. The van der Waals surface area contributed by atoms with Crippen molar-refractivity contribution < 1.29 is 37.0 Å². The van der Waals surface area contributed by atoms with Gasteiger partial charge in [0.15, 0.2) is 5.76 Å². The van der Waals surface area contributed by atoms with Crippen LogP contribution < -0.4 is 0 Å². The first kappa shape index (κ1) is 23.0. The number of rotatable bonds is 9. The predicted molar refractivity (Wildman–Crippen MR) is 111 cm³/mol. The van der Waals surface area contributed by atoms with Gasteiger partial charge in [0.1, 0.15) is 0 Å². The van der Waals surface area contributed by atoms with Gasteiger partial charge in [-0.25, -0.2) is 0 Å². The number of thiophene rings is 1. The zero-order valence-electron chi connectivity index (χ0n) is 17.0. The third-order valence-corrected chi connectivity index (χ3v) is 7.86. The van der Waals surface area contributed by atoms with E-state index in [1.807, 2.05) is 24.3 Å². The van der Waals surface area contributed by atoms with Crippen molar-refractivity contribution in [3.63, 3.8) is 0 Å². The summed E-state index contributed by atoms with van der Waals surface area (Å²) in [5, 5.41) is 11.7. The van der Waals surface area contributed by atoms with Gasteiger partial charge >= 0.3 is 13.3 Å². The Morgan fingerprint density at radius 3 is 2.33 bits per heavy atom. The third kappa shape index (κ3) is 3.33. The second-order valence-corrected chi connectivity index (χ2v) is 10.1. The van der Waals surface area contributed by atoms with Crippen molar-refractivity contribution in [2.24, 2.45) is 0 Å². The molecule has 0 bridgehead atoms. The quantitative estimate of drug-likeness (QED) is 0.518. The number of ketones is 1. The molecule has 1 aliphatic carbocycles. The maximum Gasteiger partial charge on any atom is 0.403 e. The standard InChI is InChI=1S/C20H23F2O6PS/c1-5-26-29(25,27-6-2)20(21,22)19(24)17(23)16(18(19)28-12(3)4)15-11-13-9-7-8-10-14(13)30-15/h7-12,24H,5-6H2,1-4H3. The average molecular weight is 460 g/mol. The Kier molecular flexibility index (Phi) is 6.24. The highest BCUT2D eigenvalue weighted by Gasteiger charge is 2.78. The molecule has 0 spiro atoms. The minimum absolute atomic E-state index is 0.161. The molecule has 0 saturated heterocycles. The molecule has 0 saturated carbocycles. The van der Waals surface area contributed by atoms with Gasteiger partial charge in [0.2, 0.25) is 5.78 Å². The van der Waals surface area contributed by atoms with Gasteiger partial charge in [0, 0.05) is 9.58 Å². The Morgan fingerprint density at radius 1 is 1.20 bits per heavy atom. The van der Waals surface area contributed by atoms with Crippen LogP contribution in [0, 0.1) is 0 Å². The molecule has 1 aromatic heterocycles. The Bertz CT molecular complexity index is 1000. The Hall–Kier alpha value is -1.64. The van der Waals surface area contributed by atoms with Gasteiger partial charge in [-0.05, 0) is 45.2 Å². The molecule has 164 valence electrons. The van der Waals surface area contributed by atoms with Gasteiger partial charge < -0.3 is 18.9 Å². The van der Waals surface area contributed by atoms with Crippen molar-refractivity contribution in [2.75, 3.05) is 13.2 Å². The highest BCUT2D eigenvalue weighted by atomic mass is 32.1. The van der Waals surface area contributed by atoms with E-state index in [2.05, 4.69) is 0 Å². The largest absolute Gasteiger partial charge is 0.491 e. The average Bonchev–Trinajstić information content (AvgIpc) is 3.10. The first-order chi connectivity index (χ1) is 14.0. The summed E-state index contributed by atoms with van der Waals surface area (Å²) in [7, 11) is -5.19. The number of alkyl halides is 2. The summed E-state index contributed by atoms with van der Waals surface area (Å²) in [6, 6.07) is 8.94. The highest BCUT2D eigenvalue weighted by molar-refractivity contribution is 7.55. The third-order valence-electron chi connectivity index (χ3n) is 4.51. The lowest BCUT2D eigenvalue weighted by atomic mass is 9.76. The molecule has 1 heterocycles. The first-order valence-corrected chi connectivity index (χ1v) is 11.8. The maximum absolute atomic E-state index is 15.4. The van der Waals surface area contributed by atoms with E-state index < -0.39 is 36.5 Å². The SMILES string of the molecule is CCOP(=O)(OCC)C(F)(F)C1(O)C(=O)C(c2cc3ccccc3s2)=C1OC(C)C. The Morgan fingerprint density at radius 2 is 1.80 bits per heavy atom. The fourth-order valence-electron chi connectivity index (χ4n) is 3.22. The normalized spacial score (nSPS) is 20.2. The smallest absolute Gasteiger partial charge is 0.403 e. The van der Waals surface area contributed by atoms with Crippen molar-refractivity contribution >= 4 is 40.4 Å². The molecule has 1 unspecified atom stereocenters. The molecule has 0 aliphatic heterocycles. The summed E-state index contributed by atoms with van der Waals surface area (Å²) in [6.07, 6.45) is -0.627. The molecule has 0 fully saturated rings. The van der Waals surface area contributed by atoms with Crippen LogP contribution in [0.5, 0.6) is 0 Å². The van der Waals surface area contributed by atoms with Crippen LogP contribution in [0.3, 0.4) is 0 Å². The van der Waals surface area contributed by atoms with Crippen molar-refractivity contribution in [3.05, 3.63) is 41.0 Å². The Labute approximate surface area is 177 Å². The molecule has 3 rings (SSSR count). The molecule has 0 amide bonds. The summed E-state index contributed by atoms with van der Waals surface area (Å²) in [6.45, 7) is 5.15. The number of aliphatic hydroxyl groups is 1. The van der Waals surface area contributed by atoms with Crippen LogP contribution in [-0.4, -0.2) is 41.5 Å². The highest BCUT2D eigenvalue weighted by Crippen LogP contribution is 2.70. The van der Waals surface area contributed by atoms with Crippen molar-refractivity contribution in [2.45, 2.75) is 45.1 Å². The van der Waals surface area contributed by atoms with Gasteiger partial charge in [-0.2, -0.15) is 8.78 Å². The molecule has 1 aliphatic rings. The summed E-state index contributed by atoms with van der Waals surface area (Å²) in [5.74, 6) is -1.91. The monoisotopic (exact) mass is 460 g/mol. The number of hydrogen-bond donors (Lipinski definition) is 1. The van der Waals surface area contributed by atoms with Gasteiger partial charge in [-0.3, -0.25) is 9.36 Å². The van der Waals surface area contributed by atoms with E-state index in [9.17, 15) is 14.5 Å². The predicted octanol–water partition coefficient (Wildman–Crippen LogP) is 5.21. The van der Waals surface area contributed by atoms with E-state index in [4.69, 9.17) is 13.8 Å². The van der Waals surface area contributed by atoms with Crippen LogP contribution in [0.15, 0.2) is 36.1 Å². The number of carbonyl (C=O) groups is 1. The van der Waals surface area contributed by atoms with E-state index >= 15 is 8.78 Å². The molecule has 0 radical (unpaired) electrons. The van der Waals surface area contributed by atoms with Crippen molar-refractivity contribution in [1.29, 1.82) is 0 Å². The minimum Gasteiger partial charge on any atom is -0.491 e. The summed E-state index contributed by atoms with van der Waals surface area (Å²) in [4.78, 5) is 13.3. The number of Topliss-reactive ketones (excluding diaryl/α,β-unsaturated/α-hetero) is 1. The fraction of sp³-hybridized carbons (Fsp3) is 0.450. The zero-order chi connectivity index (χ0) is 22.3. The van der Waals surface area contributed by atoms with Gasteiger partial charge in [-0.15, -0.1) is 11.3 Å². The molecule has 1 N–H and O–H groups in total. The van der Waals surface area contributed by atoms with Gasteiger partial charge in [-0.1, -0.05) is 18.2 Å². The number of fused-ring (bicyclic) bond motifs is 1. The van der Waals surface area contributed by atoms with Crippen LogP contribution in [0.25, 0.3) is 15.7 Å². The van der Waals surface area contributed by atoms with E-state index in [0.29, 0.717) is 4.88 Å². The van der Waals surface area contributed by atoms with Crippen LogP contribution in [-0.2, 0) is 23.1 Å². The minimum atomic E-state index is -5.19. The number of halogens is 2. The Balaban J connectivity index is 2.18. The van der Waals surface area contributed by atoms with E-state index in [-0.39, 0.29) is 18.8 Å². The molecular formula is C20H23F2O6PS. The van der Waals surface area contributed by atoms with E-state index in [1.54, 1.807) is 19.9 Å². The molecule has 30 heavy (non-hydrogen) atoms. The number of benzene rings is 1. The molecule has 1 aromatic carbocycles. The van der Waals surface area contributed by atoms with Crippen molar-refractivity contribution in [1.82, 2.24) is 0 Å². The second kappa shape index (κ2) is 8.13. The topological polar surface area (TPSA) is 82.1 Å². The molecule has 1 atom stereocenters. The number of carbonyl (C=O) groups excluding carboxylic acids is 1. The van der Waals surface area contributed by atoms with E-state index in [1.165, 1.54) is 25.2 Å². The van der Waals surface area contributed by atoms with Gasteiger partial charge in [0.05, 0.1) is 24.9 Å². The van der Waals surface area contributed by atoms with Crippen molar-refractivity contribution in [3.8, 4) is 0 Å². The van der Waals surface area contributed by atoms with E-state index in [0.717, 1.165) is 10.1 Å². The lowest BCUT2D eigenvalue weighted by Gasteiger charge is -2.44. The maximum atomic E-state index is 15.4. The summed E-state index contributed by atoms with van der Waals surface area (Å²) < 4.78 is 59.5. The number of ether oxygens (including phenoxy) is 1. The molecular weight excluding hydrogens is 437 g/mol. The second-order valence-electron chi connectivity index (χ2n) is 6.93. The summed E-state index contributed by atoms with van der Waals surface area (Å²) in [5.41, 5.74) is -8.16. The van der Waals surface area contributed by atoms with Crippen LogP contribution in [0.2, 0.25) is 0 Å². The van der Waals surface area contributed by atoms with Crippen LogP contribution >= 0.6 is 18.9 Å². The van der Waals surface area contributed by atoms with Gasteiger partial charge in [0.25, 0.3) is 5.60 Å². The van der Waals surface area contributed by atoms with Crippen LogP contribution in [0.1, 0.15) is 32.6 Å².